The Bertz CT molecular complexity index is 994. The summed E-state index contributed by atoms with van der Waals surface area (Å²) in [5.74, 6) is 5.86. The molecule has 5 rings (SSSR count). The van der Waals surface area contributed by atoms with Crippen LogP contribution >= 0.6 is 0 Å². The van der Waals surface area contributed by atoms with E-state index in [2.05, 4.69) is 47.6 Å². The lowest BCUT2D eigenvalue weighted by Crippen LogP contribution is -2.51. The maximum Gasteiger partial charge on any atom is 0.338 e. The number of hydrogen-bond donors (Lipinski definition) is 0. The number of carbonyl (C=O) groups excluding carboxylic acids is 1. The van der Waals surface area contributed by atoms with Crippen molar-refractivity contribution in [2.24, 2.45) is 52.3 Å². The molecule has 1 aromatic rings. The van der Waals surface area contributed by atoms with Crippen LogP contribution in [0.5, 0.6) is 0 Å². The average molecular weight is 519 g/mol. The Kier molecular flexibility index (Phi) is 8.19. The fraction of sp³-hybridized carbons (Fsp3) is 0.750. The van der Waals surface area contributed by atoms with Gasteiger partial charge in [0.2, 0.25) is 0 Å². The van der Waals surface area contributed by atoms with E-state index < -0.39 is 0 Å². The van der Waals surface area contributed by atoms with Gasteiger partial charge in [-0.05, 0) is 116 Å². The molecule has 3 fully saturated rings. The highest BCUT2D eigenvalue weighted by Crippen LogP contribution is 2.67. The zero-order chi connectivity index (χ0) is 27.1. The fourth-order valence-corrected chi connectivity index (χ4v) is 10.2. The van der Waals surface area contributed by atoms with Crippen molar-refractivity contribution in [1.82, 2.24) is 0 Å². The standard InChI is InChI=1S/C36H54O2/c1-7-26(24(2)3)14-13-25(4)31-17-18-32-30-16-15-28-23-29(38-34(37)27-11-9-8-10-12-27)19-21-35(28,5)33(30)20-22-36(31,32)6/h8-12,15,24-26,29-33H,7,13-14,16-23H2,1-6H3/t25-,26-,29+,30+,31+,32+,33-,35+,36+/m1/s1. The molecule has 0 N–H and O–H groups in total. The monoisotopic (exact) mass is 518 g/mol. The maximum atomic E-state index is 12.7. The molecule has 38 heavy (non-hydrogen) atoms. The summed E-state index contributed by atoms with van der Waals surface area (Å²) in [5, 5.41) is 0. The minimum atomic E-state index is -0.160. The Morgan fingerprint density at radius 2 is 1.74 bits per heavy atom. The quantitative estimate of drug-likeness (QED) is 0.253. The number of benzene rings is 1. The van der Waals surface area contributed by atoms with Crippen molar-refractivity contribution < 1.29 is 9.53 Å². The first kappa shape index (κ1) is 28.0. The van der Waals surface area contributed by atoms with E-state index in [1.807, 2.05) is 30.3 Å². The molecular weight excluding hydrogens is 464 g/mol. The van der Waals surface area contributed by atoms with E-state index in [1.165, 1.54) is 57.8 Å². The Balaban J connectivity index is 1.25. The van der Waals surface area contributed by atoms with Crippen molar-refractivity contribution in [3.63, 3.8) is 0 Å². The van der Waals surface area contributed by atoms with E-state index in [0.717, 1.165) is 54.3 Å². The second kappa shape index (κ2) is 11.1. The maximum absolute atomic E-state index is 12.7. The predicted octanol–water partition coefficient (Wildman–Crippen LogP) is 9.89. The molecule has 210 valence electrons. The lowest BCUT2D eigenvalue weighted by molar-refractivity contribution is -0.0596. The molecule has 4 aliphatic rings. The third-order valence-electron chi connectivity index (χ3n) is 12.6. The molecule has 1 aromatic carbocycles. The highest BCUT2D eigenvalue weighted by atomic mass is 16.5. The van der Waals surface area contributed by atoms with Crippen LogP contribution in [0.2, 0.25) is 0 Å². The molecule has 0 bridgehead atoms. The molecule has 2 heteroatoms. The molecule has 9 atom stereocenters. The van der Waals surface area contributed by atoms with Crippen LogP contribution in [0.4, 0.5) is 0 Å². The second-order valence-corrected chi connectivity index (χ2v) is 14.6. The molecule has 0 amide bonds. The van der Waals surface area contributed by atoms with Gasteiger partial charge in [0.05, 0.1) is 5.56 Å². The van der Waals surface area contributed by atoms with Crippen molar-refractivity contribution in [2.45, 2.75) is 118 Å². The highest BCUT2D eigenvalue weighted by Gasteiger charge is 2.59. The number of allylic oxidation sites excluding steroid dienone is 1. The van der Waals surface area contributed by atoms with E-state index in [0.29, 0.717) is 16.4 Å². The number of esters is 1. The van der Waals surface area contributed by atoms with Gasteiger partial charge in [0, 0.05) is 6.42 Å². The number of rotatable bonds is 8. The molecule has 2 nitrogen and oxygen atoms in total. The van der Waals surface area contributed by atoms with Crippen LogP contribution in [0.15, 0.2) is 42.0 Å². The van der Waals surface area contributed by atoms with Gasteiger partial charge in [-0.3, -0.25) is 0 Å². The van der Waals surface area contributed by atoms with Crippen LogP contribution in [-0.4, -0.2) is 12.1 Å². The lowest BCUT2D eigenvalue weighted by atomic mass is 9.47. The molecule has 0 saturated heterocycles. The molecule has 0 aliphatic heterocycles. The summed E-state index contributed by atoms with van der Waals surface area (Å²) in [5.41, 5.74) is 3.10. The summed E-state index contributed by atoms with van der Waals surface area (Å²) in [6.07, 6.45) is 16.9. The topological polar surface area (TPSA) is 26.3 Å². The summed E-state index contributed by atoms with van der Waals surface area (Å²) >= 11 is 0. The summed E-state index contributed by atoms with van der Waals surface area (Å²) in [6, 6.07) is 9.50. The first-order valence-electron chi connectivity index (χ1n) is 16.1. The van der Waals surface area contributed by atoms with Crippen molar-refractivity contribution in [3.05, 3.63) is 47.5 Å². The van der Waals surface area contributed by atoms with Gasteiger partial charge >= 0.3 is 5.97 Å². The van der Waals surface area contributed by atoms with Crippen LogP contribution < -0.4 is 0 Å². The Labute approximate surface area is 233 Å². The molecule has 4 aliphatic carbocycles. The van der Waals surface area contributed by atoms with Crippen molar-refractivity contribution >= 4 is 5.97 Å². The third kappa shape index (κ3) is 5.03. The molecule has 0 spiro atoms. The van der Waals surface area contributed by atoms with E-state index in [1.54, 1.807) is 5.57 Å². The molecule has 0 heterocycles. The Morgan fingerprint density at radius 1 is 0.974 bits per heavy atom. The van der Waals surface area contributed by atoms with Crippen molar-refractivity contribution in [2.75, 3.05) is 0 Å². The zero-order valence-electron chi connectivity index (χ0n) is 25.2. The first-order valence-corrected chi connectivity index (χ1v) is 16.1. The number of carbonyl (C=O) groups is 1. The Hall–Kier alpha value is -1.57. The predicted molar refractivity (Wildman–Crippen MR) is 158 cm³/mol. The minimum Gasteiger partial charge on any atom is -0.458 e. The molecule has 0 unspecified atom stereocenters. The van der Waals surface area contributed by atoms with Gasteiger partial charge in [0.1, 0.15) is 6.10 Å². The number of fused-ring (bicyclic) bond motifs is 5. The van der Waals surface area contributed by atoms with Crippen molar-refractivity contribution in [3.8, 4) is 0 Å². The SMILES string of the molecule is CC[C@H](CC[C@@H](C)[C@@H]1CC[C@H]2[C@@H]3CC=C4C[C@@H](OC(=O)c5ccccc5)CC[C@]4(C)[C@@H]3CC[C@]21C)C(C)C. The Morgan fingerprint density at radius 3 is 2.45 bits per heavy atom. The van der Waals surface area contributed by atoms with Gasteiger partial charge in [-0.2, -0.15) is 0 Å². The average Bonchev–Trinajstić information content (AvgIpc) is 3.26. The smallest absolute Gasteiger partial charge is 0.338 e. The van der Waals surface area contributed by atoms with Gasteiger partial charge in [-0.1, -0.05) is 84.2 Å². The highest BCUT2D eigenvalue weighted by molar-refractivity contribution is 5.89. The van der Waals surface area contributed by atoms with Gasteiger partial charge in [-0.15, -0.1) is 0 Å². The van der Waals surface area contributed by atoms with Crippen LogP contribution in [0.3, 0.4) is 0 Å². The molecule has 3 saturated carbocycles. The lowest BCUT2D eigenvalue weighted by Gasteiger charge is -2.58. The van der Waals surface area contributed by atoms with Gasteiger partial charge < -0.3 is 4.74 Å². The molecular formula is C36H54O2. The van der Waals surface area contributed by atoms with Gasteiger partial charge in [0.25, 0.3) is 0 Å². The van der Waals surface area contributed by atoms with Crippen molar-refractivity contribution in [1.29, 1.82) is 0 Å². The summed E-state index contributed by atoms with van der Waals surface area (Å²) in [4.78, 5) is 12.7. The summed E-state index contributed by atoms with van der Waals surface area (Å²) in [7, 11) is 0. The second-order valence-electron chi connectivity index (χ2n) is 14.6. The van der Waals surface area contributed by atoms with Crippen LogP contribution in [0.1, 0.15) is 123 Å². The molecule has 0 aromatic heterocycles. The largest absolute Gasteiger partial charge is 0.458 e. The van der Waals surface area contributed by atoms with Gasteiger partial charge in [0.15, 0.2) is 0 Å². The third-order valence-corrected chi connectivity index (χ3v) is 12.6. The summed E-state index contributed by atoms with van der Waals surface area (Å²) < 4.78 is 6.02. The van der Waals surface area contributed by atoms with Crippen LogP contribution in [-0.2, 0) is 4.74 Å². The van der Waals surface area contributed by atoms with E-state index in [-0.39, 0.29) is 12.1 Å². The molecule has 0 radical (unpaired) electrons. The van der Waals surface area contributed by atoms with E-state index >= 15 is 0 Å². The van der Waals surface area contributed by atoms with Crippen LogP contribution in [0.25, 0.3) is 0 Å². The zero-order valence-corrected chi connectivity index (χ0v) is 25.2. The summed E-state index contributed by atoms with van der Waals surface area (Å²) in [6.45, 7) is 15.1. The first-order chi connectivity index (χ1) is 18.2. The fourth-order valence-electron chi connectivity index (χ4n) is 10.2. The van der Waals surface area contributed by atoms with Gasteiger partial charge in [-0.25, -0.2) is 4.79 Å². The van der Waals surface area contributed by atoms with E-state index in [9.17, 15) is 4.79 Å². The van der Waals surface area contributed by atoms with E-state index in [4.69, 9.17) is 4.74 Å². The van der Waals surface area contributed by atoms with Crippen LogP contribution in [0, 0.1) is 52.3 Å². The normalized spacial score (nSPS) is 38.0. The number of ether oxygens (including phenoxy) is 1. The number of hydrogen-bond acceptors (Lipinski definition) is 2. The minimum absolute atomic E-state index is 0.0296.